The average molecular weight is 222 g/mol. The number of aromatic amines is 1. The van der Waals surface area contributed by atoms with Crippen LogP contribution in [-0.2, 0) is 5.41 Å². The Kier molecular flexibility index (Phi) is 2.51. The molecule has 0 fully saturated rings. The number of benzene rings is 1. The van der Waals surface area contributed by atoms with Crippen molar-refractivity contribution in [2.45, 2.75) is 32.6 Å². The molecular weight excluding hydrogens is 206 g/mol. The highest BCUT2D eigenvalue weighted by atomic mass is 35.5. The van der Waals surface area contributed by atoms with E-state index >= 15 is 0 Å². The standard InChI is InChI=1S/C13H16ClN/c1-4-13(2,3)11-8-15-12-6-5-9(14)7-10(11)12/h5-8,15H,4H2,1-3H3. The highest BCUT2D eigenvalue weighted by molar-refractivity contribution is 6.31. The summed E-state index contributed by atoms with van der Waals surface area (Å²) in [5, 5.41) is 2.05. The lowest BCUT2D eigenvalue weighted by molar-refractivity contribution is 0.510. The Labute approximate surface area is 95.5 Å². The molecule has 0 bridgehead atoms. The van der Waals surface area contributed by atoms with Crippen LogP contribution < -0.4 is 0 Å². The molecule has 80 valence electrons. The fourth-order valence-electron chi connectivity index (χ4n) is 1.84. The number of fused-ring (bicyclic) bond motifs is 1. The first-order valence-electron chi connectivity index (χ1n) is 5.32. The molecule has 0 unspecified atom stereocenters. The molecule has 0 saturated heterocycles. The summed E-state index contributed by atoms with van der Waals surface area (Å²) in [7, 11) is 0. The van der Waals surface area contributed by atoms with Gasteiger partial charge in [0.15, 0.2) is 0 Å². The summed E-state index contributed by atoms with van der Waals surface area (Å²) in [5.74, 6) is 0. The van der Waals surface area contributed by atoms with E-state index in [0.29, 0.717) is 0 Å². The number of aromatic nitrogens is 1. The van der Waals surface area contributed by atoms with E-state index in [-0.39, 0.29) is 5.41 Å². The normalized spacial score (nSPS) is 12.3. The summed E-state index contributed by atoms with van der Waals surface area (Å²) >= 11 is 6.03. The molecular formula is C13H16ClN. The number of nitrogens with one attached hydrogen (secondary N) is 1. The van der Waals surface area contributed by atoms with Gasteiger partial charge in [0.05, 0.1) is 0 Å². The number of hydrogen-bond donors (Lipinski definition) is 1. The van der Waals surface area contributed by atoms with E-state index in [1.54, 1.807) is 0 Å². The second-order valence-corrected chi connectivity index (χ2v) is 5.07. The van der Waals surface area contributed by atoms with Gasteiger partial charge < -0.3 is 4.98 Å². The summed E-state index contributed by atoms with van der Waals surface area (Å²) in [6.07, 6.45) is 3.22. The van der Waals surface area contributed by atoms with E-state index in [1.807, 2.05) is 18.2 Å². The molecule has 15 heavy (non-hydrogen) atoms. The van der Waals surface area contributed by atoms with Crippen molar-refractivity contribution in [1.29, 1.82) is 0 Å². The number of H-pyrrole nitrogens is 1. The molecule has 0 radical (unpaired) electrons. The van der Waals surface area contributed by atoms with Crippen LogP contribution in [0.15, 0.2) is 24.4 Å². The van der Waals surface area contributed by atoms with Crippen LogP contribution in [0, 0.1) is 0 Å². The minimum absolute atomic E-state index is 0.197. The lowest BCUT2D eigenvalue weighted by Gasteiger charge is -2.22. The van der Waals surface area contributed by atoms with Gasteiger partial charge in [-0.3, -0.25) is 0 Å². The van der Waals surface area contributed by atoms with E-state index in [1.165, 1.54) is 10.9 Å². The van der Waals surface area contributed by atoms with Gasteiger partial charge in [-0.2, -0.15) is 0 Å². The highest BCUT2D eigenvalue weighted by Gasteiger charge is 2.21. The third-order valence-electron chi connectivity index (χ3n) is 3.26. The molecule has 1 nitrogen and oxygen atoms in total. The predicted octanol–water partition coefficient (Wildman–Crippen LogP) is 4.51. The van der Waals surface area contributed by atoms with Crippen LogP contribution in [0.3, 0.4) is 0 Å². The number of rotatable bonds is 2. The van der Waals surface area contributed by atoms with Crippen molar-refractivity contribution in [2.24, 2.45) is 0 Å². The largest absolute Gasteiger partial charge is 0.361 e. The molecule has 1 heterocycles. The molecule has 2 aromatic rings. The Bertz CT molecular complexity index is 482. The van der Waals surface area contributed by atoms with Gasteiger partial charge in [-0.1, -0.05) is 32.4 Å². The van der Waals surface area contributed by atoms with E-state index in [9.17, 15) is 0 Å². The Balaban J connectivity index is 2.67. The third-order valence-corrected chi connectivity index (χ3v) is 3.49. The van der Waals surface area contributed by atoms with Gasteiger partial charge in [0.2, 0.25) is 0 Å². The van der Waals surface area contributed by atoms with Gasteiger partial charge in [-0.15, -0.1) is 0 Å². The number of halogens is 1. The molecule has 0 aliphatic rings. The van der Waals surface area contributed by atoms with Gasteiger partial charge >= 0.3 is 0 Å². The Morgan fingerprint density at radius 1 is 1.33 bits per heavy atom. The minimum Gasteiger partial charge on any atom is -0.361 e. The minimum atomic E-state index is 0.197. The van der Waals surface area contributed by atoms with Crippen LogP contribution in [0.5, 0.6) is 0 Å². The number of hydrogen-bond acceptors (Lipinski definition) is 0. The summed E-state index contributed by atoms with van der Waals surface area (Å²) in [4.78, 5) is 3.30. The van der Waals surface area contributed by atoms with Crippen molar-refractivity contribution in [3.63, 3.8) is 0 Å². The Morgan fingerprint density at radius 2 is 2.07 bits per heavy atom. The van der Waals surface area contributed by atoms with Crippen LogP contribution in [0.2, 0.25) is 5.02 Å². The molecule has 1 aromatic heterocycles. The second-order valence-electron chi connectivity index (χ2n) is 4.63. The zero-order chi connectivity index (χ0) is 11.1. The Morgan fingerprint density at radius 3 is 2.73 bits per heavy atom. The van der Waals surface area contributed by atoms with Crippen molar-refractivity contribution >= 4 is 22.5 Å². The zero-order valence-electron chi connectivity index (χ0n) is 9.39. The SMILES string of the molecule is CCC(C)(C)c1c[nH]c2ccc(Cl)cc12. The topological polar surface area (TPSA) is 15.8 Å². The van der Waals surface area contributed by atoms with Crippen LogP contribution in [0.25, 0.3) is 10.9 Å². The first kappa shape index (κ1) is 10.6. The fourth-order valence-corrected chi connectivity index (χ4v) is 2.02. The van der Waals surface area contributed by atoms with Crippen molar-refractivity contribution in [1.82, 2.24) is 4.98 Å². The van der Waals surface area contributed by atoms with Crippen molar-refractivity contribution in [2.75, 3.05) is 0 Å². The van der Waals surface area contributed by atoms with Crippen LogP contribution in [0.4, 0.5) is 0 Å². The first-order chi connectivity index (χ1) is 7.04. The molecule has 0 spiro atoms. The van der Waals surface area contributed by atoms with Crippen molar-refractivity contribution < 1.29 is 0 Å². The molecule has 0 aliphatic carbocycles. The van der Waals surface area contributed by atoms with E-state index < -0.39 is 0 Å². The second kappa shape index (κ2) is 3.57. The van der Waals surface area contributed by atoms with E-state index in [2.05, 4.69) is 32.0 Å². The molecule has 2 rings (SSSR count). The molecule has 1 N–H and O–H groups in total. The highest BCUT2D eigenvalue weighted by Crippen LogP contribution is 2.33. The summed E-state index contributed by atoms with van der Waals surface area (Å²) in [6.45, 7) is 6.73. The third kappa shape index (κ3) is 1.76. The molecule has 1 aromatic carbocycles. The molecule has 0 amide bonds. The van der Waals surface area contributed by atoms with Gasteiger partial charge in [0.1, 0.15) is 0 Å². The van der Waals surface area contributed by atoms with Crippen LogP contribution in [-0.4, -0.2) is 4.98 Å². The fraction of sp³-hybridized carbons (Fsp3) is 0.385. The van der Waals surface area contributed by atoms with Crippen molar-refractivity contribution in [3.8, 4) is 0 Å². The van der Waals surface area contributed by atoms with E-state index in [0.717, 1.165) is 17.0 Å². The predicted molar refractivity (Wildman–Crippen MR) is 66.6 cm³/mol. The first-order valence-corrected chi connectivity index (χ1v) is 5.69. The lowest BCUT2D eigenvalue weighted by Crippen LogP contribution is -2.14. The monoisotopic (exact) mass is 221 g/mol. The van der Waals surface area contributed by atoms with Crippen LogP contribution >= 0.6 is 11.6 Å². The quantitative estimate of drug-likeness (QED) is 0.768. The van der Waals surface area contributed by atoms with E-state index in [4.69, 9.17) is 11.6 Å². The Hall–Kier alpha value is -0.950. The van der Waals surface area contributed by atoms with Gasteiger partial charge in [-0.05, 0) is 35.6 Å². The summed E-state index contributed by atoms with van der Waals surface area (Å²) < 4.78 is 0. The summed E-state index contributed by atoms with van der Waals surface area (Å²) in [5.41, 5.74) is 2.71. The zero-order valence-corrected chi connectivity index (χ0v) is 10.2. The summed E-state index contributed by atoms with van der Waals surface area (Å²) in [6, 6.07) is 6.00. The molecule has 0 aliphatic heterocycles. The molecule has 0 atom stereocenters. The maximum atomic E-state index is 6.03. The lowest BCUT2D eigenvalue weighted by atomic mass is 9.82. The van der Waals surface area contributed by atoms with Gasteiger partial charge in [-0.25, -0.2) is 0 Å². The smallest absolute Gasteiger partial charge is 0.0458 e. The van der Waals surface area contributed by atoms with Gasteiger partial charge in [0.25, 0.3) is 0 Å². The molecule has 0 saturated carbocycles. The van der Waals surface area contributed by atoms with Gasteiger partial charge in [0, 0.05) is 22.1 Å². The van der Waals surface area contributed by atoms with Crippen LogP contribution in [0.1, 0.15) is 32.8 Å². The maximum Gasteiger partial charge on any atom is 0.0458 e. The molecule has 2 heteroatoms. The van der Waals surface area contributed by atoms with Crippen molar-refractivity contribution in [3.05, 3.63) is 35.0 Å². The maximum absolute atomic E-state index is 6.03. The average Bonchev–Trinajstić information content (AvgIpc) is 2.61.